The number of aromatic nitrogens is 2. The first-order chi connectivity index (χ1) is 13.1. The molecule has 2 aromatic heterocycles. The van der Waals surface area contributed by atoms with Crippen molar-refractivity contribution in [1.82, 2.24) is 15.5 Å². The minimum atomic E-state index is -0.346. The van der Waals surface area contributed by atoms with Gasteiger partial charge in [-0.05, 0) is 56.3 Å². The molecule has 2 heterocycles. The Kier molecular flexibility index (Phi) is 5.68. The van der Waals surface area contributed by atoms with Gasteiger partial charge in [0.25, 0.3) is 11.8 Å². The fourth-order valence-electron chi connectivity index (χ4n) is 2.58. The zero-order valence-electron chi connectivity index (χ0n) is 14.9. The number of amides is 2. The molecule has 0 atom stereocenters. The topological polar surface area (TPSA) is 126 Å². The number of carbonyl (C=O) groups is 2. The largest absolute Gasteiger partial charge is 0.463 e. The highest BCUT2D eigenvalue weighted by Crippen LogP contribution is 2.24. The van der Waals surface area contributed by atoms with E-state index in [1.165, 1.54) is 0 Å². The molecule has 0 bridgehead atoms. The van der Waals surface area contributed by atoms with Crippen molar-refractivity contribution in [3.8, 4) is 11.5 Å². The molecule has 0 radical (unpaired) electrons. The summed E-state index contributed by atoms with van der Waals surface area (Å²) in [4.78, 5) is 24.5. The smallest absolute Gasteiger partial charge is 0.276 e. The first-order valence-electron chi connectivity index (χ1n) is 8.58. The molecule has 27 heavy (non-hydrogen) atoms. The van der Waals surface area contributed by atoms with Crippen LogP contribution in [0.2, 0.25) is 0 Å². The van der Waals surface area contributed by atoms with Crippen LogP contribution < -0.4 is 16.4 Å². The monoisotopic (exact) mass is 367 g/mol. The first-order valence-corrected chi connectivity index (χ1v) is 8.58. The van der Waals surface area contributed by atoms with Crippen LogP contribution in [0.1, 0.15) is 32.8 Å². The van der Waals surface area contributed by atoms with E-state index in [2.05, 4.69) is 20.8 Å². The molecular weight excluding hydrogens is 346 g/mol. The van der Waals surface area contributed by atoms with E-state index in [-0.39, 0.29) is 17.5 Å². The zero-order chi connectivity index (χ0) is 19.2. The summed E-state index contributed by atoms with van der Waals surface area (Å²) in [5.41, 5.74) is 8.12. The number of nitrogens with one attached hydrogen (secondary N) is 3. The molecular formula is C19H21N5O3. The molecule has 0 aliphatic rings. The molecule has 8 nitrogen and oxygen atoms in total. The van der Waals surface area contributed by atoms with E-state index in [9.17, 15) is 9.59 Å². The van der Waals surface area contributed by atoms with E-state index in [1.54, 1.807) is 49.6 Å². The van der Waals surface area contributed by atoms with Crippen molar-refractivity contribution >= 4 is 17.5 Å². The number of aromatic amines is 1. The molecule has 0 spiro atoms. The third kappa shape index (κ3) is 4.24. The highest BCUT2D eigenvalue weighted by atomic mass is 16.3. The predicted octanol–water partition coefficient (Wildman–Crippen LogP) is 2.31. The summed E-state index contributed by atoms with van der Waals surface area (Å²) in [6.45, 7) is 2.86. The van der Waals surface area contributed by atoms with Gasteiger partial charge in [-0.3, -0.25) is 14.7 Å². The maximum absolute atomic E-state index is 12.5. The highest BCUT2D eigenvalue weighted by Gasteiger charge is 2.18. The second-order valence-corrected chi connectivity index (χ2v) is 5.98. The van der Waals surface area contributed by atoms with Crippen LogP contribution in [0.4, 0.5) is 5.69 Å². The van der Waals surface area contributed by atoms with Gasteiger partial charge >= 0.3 is 0 Å². The van der Waals surface area contributed by atoms with E-state index in [0.717, 1.165) is 6.42 Å². The fraction of sp³-hybridized carbons (Fsp3) is 0.211. The Balaban J connectivity index is 1.65. The van der Waals surface area contributed by atoms with Gasteiger partial charge in [0, 0.05) is 23.4 Å². The molecule has 3 aromatic rings. The third-order valence-corrected chi connectivity index (χ3v) is 4.06. The van der Waals surface area contributed by atoms with Crippen molar-refractivity contribution in [2.45, 2.75) is 13.3 Å². The maximum Gasteiger partial charge on any atom is 0.276 e. The number of H-pyrrole nitrogens is 1. The normalized spacial score (nSPS) is 10.6. The summed E-state index contributed by atoms with van der Waals surface area (Å²) < 4.78 is 5.33. The molecule has 1 aromatic carbocycles. The fourth-order valence-corrected chi connectivity index (χ4v) is 2.58. The SMILES string of the molecule is Cc1c(C(=O)Nc2ccc(C(=O)NCCCN)cc2)n[nH]c1-c1ccco1. The lowest BCUT2D eigenvalue weighted by Crippen LogP contribution is -2.25. The Hall–Kier alpha value is -3.39. The van der Waals surface area contributed by atoms with E-state index in [1.807, 2.05) is 0 Å². The molecule has 2 amide bonds. The van der Waals surface area contributed by atoms with E-state index >= 15 is 0 Å². The Morgan fingerprint density at radius 2 is 1.96 bits per heavy atom. The highest BCUT2D eigenvalue weighted by molar-refractivity contribution is 6.05. The van der Waals surface area contributed by atoms with Gasteiger partial charge in [-0.2, -0.15) is 5.10 Å². The van der Waals surface area contributed by atoms with Crippen LogP contribution in [-0.4, -0.2) is 35.1 Å². The maximum atomic E-state index is 12.5. The number of anilines is 1. The number of nitrogens with zero attached hydrogens (tertiary/aromatic N) is 1. The lowest BCUT2D eigenvalue weighted by atomic mass is 10.1. The van der Waals surface area contributed by atoms with Gasteiger partial charge in [0.15, 0.2) is 11.5 Å². The van der Waals surface area contributed by atoms with E-state index in [4.69, 9.17) is 10.2 Å². The predicted molar refractivity (Wildman–Crippen MR) is 101 cm³/mol. The zero-order valence-corrected chi connectivity index (χ0v) is 14.9. The van der Waals surface area contributed by atoms with Crippen molar-refractivity contribution in [1.29, 1.82) is 0 Å². The molecule has 0 aliphatic carbocycles. The average Bonchev–Trinajstić information content (AvgIpc) is 3.32. The summed E-state index contributed by atoms with van der Waals surface area (Å²) >= 11 is 0. The lowest BCUT2D eigenvalue weighted by Gasteiger charge is -2.07. The summed E-state index contributed by atoms with van der Waals surface area (Å²) in [5.74, 6) is 0.0957. The van der Waals surface area contributed by atoms with Gasteiger partial charge in [0.1, 0.15) is 5.69 Å². The molecule has 0 unspecified atom stereocenters. The van der Waals surface area contributed by atoms with Crippen molar-refractivity contribution in [3.63, 3.8) is 0 Å². The molecule has 0 saturated carbocycles. The van der Waals surface area contributed by atoms with Crippen LogP contribution in [-0.2, 0) is 0 Å². The number of hydrogen-bond acceptors (Lipinski definition) is 5. The third-order valence-electron chi connectivity index (χ3n) is 4.06. The summed E-state index contributed by atoms with van der Waals surface area (Å²) in [6, 6.07) is 10.2. The Bertz CT molecular complexity index is 913. The molecule has 3 rings (SSSR count). The van der Waals surface area contributed by atoms with E-state index < -0.39 is 0 Å². The van der Waals surface area contributed by atoms with Gasteiger partial charge in [0.05, 0.1) is 6.26 Å². The van der Waals surface area contributed by atoms with Crippen molar-refractivity contribution < 1.29 is 14.0 Å². The Morgan fingerprint density at radius 1 is 1.19 bits per heavy atom. The number of benzene rings is 1. The molecule has 8 heteroatoms. The molecule has 0 fully saturated rings. The Morgan fingerprint density at radius 3 is 2.63 bits per heavy atom. The van der Waals surface area contributed by atoms with Gasteiger partial charge in [-0.25, -0.2) is 0 Å². The van der Waals surface area contributed by atoms with Crippen molar-refractivity contribution in [2.24, 2.45) is 5.73 Å². The van der Waals surface area contributed by atoms with Gasteiger partial charge < -0.3 is 20.8 Å². The van der Waals surface area contributed by atoms with E-state index in [0.29, 0.717) is 41.4 Å². The first kappa shape index (κ1) is 18.4. The van der Waals surface area contributed by atoms with Crippen LogP contribution in [0.3, 0.4) is 0 Å². The number of hydrogen-bond donors (Lipinski definition) is 4. The number of nitrogens with two attached hydrogens (primary N) is 1. The average molecular weight is 367 g/mol. The van der Waals surface area contributed by atoms with Crippen LogP contribution in [0, 0.1) is 6.92 Å². The van der Waals surface area contributed by atoms with Crippen LogP contribution in [0.5, 0.6) is 0 Å². The minimum Gasteiger partial charge on any atom is -0.463 e. The quantitative estimate of drug-likeness (QED) is 0.477. The minimum absolute atomic E-state index is 0.174. The molecule has 0 saturated heterocycles. The van der Waals surface area contributed by atoms with Gasteiger partial charge in [-0.1, -0.05) is 0 Å². The Labute approximate surface area is 156 Å². The van der Waals surface area contributed by atoms with Crippen molar-refractivity contribution in [2.75, 3.05) is 18.4 Å². The number of rotatable bonds is 7. The lowest BCUT2D eigenvalue weighted by molar-refractivity contribution is 0.0952. The van der Waals surface area contributed by atoms with Crippen LogP contribution >= 0.6 is 0 Å². The number of carbonyl (C=O) groups excluding carboxylic acids is 2. The standard InChI is InChI=1S/C19H21N5O3/c1-12-16(15-4-2-11-27-15)23-24-17(12)19(26)22-14-7-5-13(6-8-14)18(25)21-10-3-9-20/h2,4-8,11H,3,9-10,20H2,1H3,(H,21,25)(H,22,26)(H,23,24). The molecule has 5 N–H and O–H groups in total. The molecule has 0 aliphatic heterocycles. The van der Waals surface area contributed by atoms with Crippen LogP contribution in [0.25, 0.3) is 11.5 Å². The summed E-state index contributed by atoms with van der Waals surface area (Å²) in [6.07, 6.45) is 2.28. The second kappa shape index (κ2) is 8.33. The van der Waals surface area contributed by atoms with Gasteiger partial charge in [0.2, 0.25) is 0 Å². The van der Waals surface area contributed by atoms with Gasteiger partial charge in [-0.15, -0.1) is 0 Å². The number of furan rings is 1. The van der Waals surface area contributed by atoms with Crippen molar-refractivity contribution in [3.05, 3.63) is 59.5 Å². The molecule has 140 valence electrons. The summed E-state index contributed by atoms with van der Waals surface area (Å²) in [7, 11) is 0. The summed E-state index contributed by atoms with van der Waals surface area (Å²) in [5, 5.41) is 12.5. The second-order valence-electron chi connectivity index (χ2n) is 5.98. The van der Waals surface area contributed by atoms with Crippen LogP contribution in [0.15, 0.2) is 47.1 Å².